The van der Waals surface area contributed by atoms with Gasteiger partial charge in [0.05, 0.1) is 4.21 Å². The van der Waals surface area contributed by atoms with Gasteiger partial charge in [-0.05, 0) is 30.5 Å². The molecule has 74 valence electrons. The van der Waals surface area contributed by atoms with Crippen molar-refractivity contribution in [3.63, 3.8) is 0 Å². The van der Waals surface area contributed by atoms with Gasteiger partial charge in [0.15, 0.2) is 0 Å². The number of nitrogens with one attached hydrogen (secondary N) is 1. The summed E-state index contributed by atoms with van der Waals surface area (Å²) in [4.78, 5) is 0. The third kappa shape index (κ3) is 4.69. The van der Waals surface area contributed by atoms with Crippen LogP contribution in [0.4, 0.5) is 0 Å². The average molecular weight is 215 g/mol. The third-order valence-corrected chi connectivity index (χ3v) is 4.21. The van der Waals surface area contributed by atoms with Gasteiger partial charge in [0.2, 0.25) is 0 Å². The highest BCUT2D eigenvalue weighted by molar-refractivity contribution is 8.01. The van der Waals surface area contributed by atoms with Crippen LogP contribution in [-0.4, -0.2) is 18.8 Å². The van der Waals surface area contributed by atoms with Crippen molar-refractivity contribution in [3.05, 3.63) is 17.5 Å². The lowest BCUT2D eigenvalue weighted by Crippen LogP contribution is -2.21. The van der Waals surface area contributed by atoms with Crippen molar-refractivity contribution in [2.75, 3.05) is 18.8 Å². The molecule has 0 bridgehead atoms. The highest BCUT2D eigenvalue weighted by Crippen LogP contribution is 2.24. The summed E-state index contributed by atoms with van der Waals surface area (Å²) in [7, 11) is 0. The maximum absolute atomic E-state index is 3.37. The summed E-state index contributed by atoms with van der Waals surface area (Å²) < 4.78 is 1.43. The van der Waals surface area contributed by atoms with Crippen LogP contribution in [0.15, 0.2) is 21.7 Å². The van der Waals surface area contributed by atoms with Crippen molar-refractivity contribution in [3.8, 4) is 0 Å². The van der Waals surface area contributed by atoms with Crippen LogP contribution in [0.1, 0.15) is 13.8 Å². The molecule has 13 heavy (non-hydrogen) atoms. The fourth-order valence-electron chi connectivity index (χ4n) is 1.02. The molecule has 0 saturated carbocycles. The molecule has 0 aliphatic carbocycles. The zero-order chi connectivity index (χ0) is 9.52. The molecule has 0 aliphatic rings. The van der Waals surface area contributed by atoms with Gasteiger partial charge in [-0.15, -0.1) is 23.1 Å². The topological polar surface area (TPSA) is 12.0 Å². The summed E-state index contributed by atoms with van der Waals surface area (Å²) in [5, 5.41) is 5.50. The number of thiophene rings is 1. The van der Waals surface area contributed by atoms with Gasteiger partial charge in [-0.25, -0.2) is 0 Å². The van der Waals surface area contributed by atoms with Gasteiger partial charge in [-0.2, -0.15) is 0 Å². The largest absolute Gasteiger partial charge is 0.317 e. The standard InChI is InChI=1S/C10H17NS2/c1-3-11-7-9(2)8-13-10-5-4-6-12-10/h4-6,9,11H,3,7-8H2,1-2H3. The first kappa shape index (κ1) is 11.1. The molecule has 0 spiro atoms. The summed E-state index contributed by atoms with van der Waals surface area (Å²) in [5.41, 5.74) is 0. The predicted octanol–water partition coefficient (Wildman–Crippen LogP) is 3.09. The fourth-order valence-corrected chi connectivity index (χ4v) is 2.85. The summed E-state index contributed by atoms with van der Waals surface area (Å²) in [6.45, 7) is 6.66. The van der Waals surface area contributed by atoms with Gasteiger partial charge in [0.25, 0.3) is 0 Å². The van der Waals surface area contributed by atoms with Gasteiger partial charge in [0, 0.05) is 5.75 Å². The zero-order valence-corrected chi connectivity index (χ0v) is 9.88. The van der Waals surface area contributed by atoms with E-state index in [0.29, 0.717) is 0 Å². The van der Waals surface area contributed by atoms with Crippen LogP contribution in [0.3, 0.4) is 0 Å². The molecule has 1 N–H and O–H groups in total. The monoisotopic (exact) mass is 215 g/mol. The quantitative estimate of drug-likeness (QED) is 0.732. The van der Waals surface area contributed by atoms with Crippen LogP contribution in [-0.2, 0) is 0 Å². The minimum atomic E-state index is 0.757. The van der Waals surface area contributed by atoms with Crippen molar-refractivity contribution in [2.24, 2.45) is 5.92 Å². The van der Waals surface area contributed by atoms with E-state index in [1.165, 1.54) is 9.96 Å². The molecule has 1 unspecified atom stereocenters. The maximum Gasteiger partial charge on any atom is 0.0598 e. The van der Waals surface area contributed by atoms with Crippen LogP contribution in [0.5, 0.6) is 0 Å². The molecule has 1 nitrogen and oxygen atoms in total. The van der Waals surface area contributed by atoms with E-state index >= 15 is 0 Å². The second-order valence-corrected chi connectivity index (χ2v) is 5.42. The summed E-state index contributed by atoms with van der Waals surface area (Å²) in [5.74, 6) is 1.97. The molecule has 1 rings (SSSR count). The van der Waals surface area contributed by atoms with Crippen LogP contribution >= 0.6 is 23.1 Å². The second kappa shape index (κ2) is 6.46. The van der Waals surface area contributed by atoms with Gasteiger partial charge in [-0.3, -0.25) is 0 Å². The summed E-state index contributed by atoms with van der Waals surface area (Å²) in [6.07, 6.45) is 0. The van der Waals surface area contributed by atoms with E-state index in [9.17, 15) is 0 Å². The fraction of sp³-hybridized carbons (Fsp3) is 0.600. The van der Waals surface area contributed by atoms with Crippen molar-refractivity contribution in [1.29, 1.82) is 0 Å². The van der Waals surface area contributed by atoms with Crippen molar-refractivity contribution in [1.82, 2.24) is 5.32 Å². The second-order valence-electron chi connectivity index (χ2n) is 3.16. The van der Waals surface area contributed by atoms with Crippen LogP contribution in [0.2, 0.25) is 0 Å². The van der Waals surface area contributed by atoms with Crippen molar-refractivity contribution < 1.29 is 0 Å². The number of hydrogen-bond donors (Lipinski definition) is 1. The number of hydrogen-bond acceptors (Lipinski definition) is 3. The van der Waals surface area contributed by atoms with Gasteiger partial charge in [-0.1, -0.05) is 19.9 Å². The van der Waals surface area contributed by atoms with Crippen molar-refractivity contribution in [2.45, 2.75) is 18.1 Å². The van der Waals surface area contributed by atoms with E-state index in [0.717, 1.165) is 19.0 Å². The predicted molar refractivity (Wildman–Crippen MR) is 62.8 cm³/mol. The molecule has 3 heteroatoms. The number of rotatable bonds is 6. The zero-order valence-electron chi connectivity index (χ0n) is 8.25. The molecular formula is C10H17NS2. The minimum absolute atomic E-state index is 0.757. The Morgan fingerprint density at radius 1 is 1.62 bits per heavy atom. The van der Waals surface area contributed by atoms with E-state index in [1.54, 1.807) is 0 Å². The maximum atomic E-state index is 3.37. The lowest BCUT2D eigenvalue weighted by molar-refractivity contribution is 0.574. The normalized spacial score (nSPS) is 13.1. The molecule has 0 aliphatic heterocycles. The van der Waals surface area contributed by atoms with Crippen LogP contribution in [0, 0.1) is 5.92 Å². The van der Waals surface area contributed by atoms with E-state index < -0.39 is 0 Å². The highest BCUT2D eigenvalue weighted by Gasteiger charge is 2.02. The Morgan fingerprint density at radius 2 is 2.46 bits per heavy atom. The van der Waals surface area contributed by atoms with Crippen LogP contribution in [0.25, 0.3) is 0 Å². The molecule has 1 aromatic heterocycles. The molecule has 0 aromatic carbocycles. The Bertz CT molecular complexity index is 209. The highest BCUT2D eigenvalue weighted by atomic mass is 32.2. The van der Waals surface area contributed by atoms with Gasteiger partial charge >= 0.3 is 0 Å². The molecule has 1 aromatic rings. The van der Waals surface area contributed by atoms with Crippen LogP contribution < -0.4 is 5.32 Å². The van der Waals surface area contributed by atoms with E-state index in [4.69, 9.17) is 0 Å². The molecule has 0 fully saturated rings. The Morgan fingerprint density at radius 3 is 3.08 bits per heavy atom. The summed E-state index contributed by atoms with van der Waals surface area (Å²) in [6, 6.07) is 4.30. The Kier molecular flexibility index (Phi) is 5.51. The first-order valence-electron chi connectivity index (χ1n) is 4.70. The minimum Gasteiger partial charge on any atom is -0.317 e. The van der Waals surface area contributed by atoms with E-state index in [-0.39, 0.29) is 0 Å². The lowest BCUT2D eigenvalue weighted by atomic mass is 10.2. The number of thioether (sulfide) groups is 1. The first-order valence-corrected chi connectivity index (χ1v) is 6.56. The summed E-state index contributed by atoms with van der Waals surface area (Å²) >= 11 is 3.80. The molecule has 0 radical (unpaired) electrons. The molecular weight excluding hydrogens is 198 g/mol. The van der Waals surface area contributed by atoms with Gasteiger partial charge < -0.3 is 5.32 Å². The molecule has 0 amide bonds. The van der Waals surface area contributed by atoms with E-state index in [1.807, 2.05) is 23.1 Å². The molecule has 1 heterocycles. The average Bonchev–Trinajstić information content (AvgIpc) is 2.64. The van der Waals surface area contributed by atoms with Gasteiger partial charge in [0.1, 0.15) is 0 Å². The van der Waals surface area contributed by atoms with Crippen molar-refractivity contribution >= 4 is 23.1 Å². The smallest absolute Gasteiger partial charge is 0.0598 e. The molecule has 1 atom stereocenters. The SMILES string of the molecule is CCNCC(C)CSc1cccs1. The molecule has 0 saturated heterocycles. The Labute approximate surface area is 88.9 Å². The third-order valence-electron chi connectivity index (χ3n) is 1.75. The Hall–Kier alpha value is 0.01000. The van der Waals surface area contributed by atoms with E-state index in [2.05, 4.69) is 36.7 Å². The lowest BCUT2D eigenvalue weighted by Gasteiger charge is -2.09. The Balaban J connectivity index is 2.11. The first-order chi connectivity index (χ1) is 6.33.